The molecule has 2 unspecified atom stereocenters. The van der Waals surface area contributed by atoms with Gasteiger partial charge in [0, 0.05) is 29.5 Å². The maximum atomic E-state index is 13.4. The highest BCUT2D eigenvalue weighted by molar-refractivity contribution is 7.80. The van der Waals surface area contributed by atoms with Crippen molar-refractivity contribution >= 4 is 60.9 Å². The molecule has 0 saturated carbocycles. The number of nitrogens with zero attached hydrogens (tertiary/aromatic N) is 6. The molecule has 21 heteroatoms. The molecule has 0 aliphatic carbocycles. The molecular weight excluding hydrogens is 646 g/mol. The highest BCUT2D eigenvalue weighted by Crippen LogP contribution is 2.33. The lowest BCUT2D eigenvalue weighted by molar-refractivity contribution is -0.218. The molecule has 5 rings (SSSR count). The van der Waals surface area contributed by atoms with E-state index in [0.717, 1.165) is 27.8 Å². The van der Waals surface area contributed by atoms with Crippen LogP contribution in [0.3, 0.4) is 0 Å². The quantitative estimate of drug-likeness (QED) is 0.0449. The van der Waals surface area contributed by atoms with Crippen molar-refractivity contribution in [2.24, 2.45) is 10.9 Å². The molecule has 0 bridgehead atoms. The smallest absolute Gasteiger partial charge is 0.418 e. The zero-order chi connectivity index (χ0) is 33.1. The van der Waals surface area contributed by atoms with Crippen LogP contribution in [-0.4, -0.2) is 92.4 Å². The van der Waals surface area contributed by atoms with Gasteiger partial charge in [0.25, 0.3) is 11.8 Å². The Balaban J connectivity index is 1.35. The molecule has 3 heterocycles. The van der Waals surface area contributed by atoms with E-state index in [1.165, 1.54) is 19.2 Å². The van der Waals surface area contributed by atoms with Crippen molar-refractivity contribution in [1.82, 2.24) is 36.0 Å². The molecule has 19 nitrogen and oxygen atoms in total. The van der Waals surface area contributed by atoms with Crippen LogP contribution < -0.4 is 26.8 Å². The normalized spacial score (nSPS) is 17.0. The van der Waals surface area contributed by atoms with E-state index in [1.54, 1.807) is 6.07 Å². The van der Waals surface area contributed by atoms with Crippen molar-refractivity contribution < 1.29 is 36.4 Å². The number of carbonyl (C=O) groups excluding carboxylic acids is 2. The molecule has 2 amide bonds. The van der Waals surface area contributed by atoms with Gasteiger partial charge in [0.15, 0.2) is 10.8 Å². The second kappa shape index (κ2) is 13.2. The topological polar surface area (TPSA) is 275 Å². The van der Waals surface area contributed by atoms with E-state index in [-0.39, 0.29) is 29.0 Å². The van der Waals surface area contributed by atoms with E-state index in [2.05, 4.69) is 45.7 Å². The molecule has 244 valence electrons. The molecule has 0 spiro atoms. The molecule has 46 heavy (non-hydrogen) atoms. The second-order valence-corrected chi connectivity index (χ2v) is 12.2. The van der Waals surface area contributed by atoms with Crippen molar-refractivity contribution in [3.05, 3.63) is 53.3 Å². The van der Waals surface area contributed by atoms with E-state index >= 15 is 0 Å². The molecule has 2 atom stereocenters. The number of rotatable bonds is 14. The predicted octanol–water partition coefficient (Wildman–Crippen LogP) is 0.143. The van der Waals surface area contributed by atoms with Gasteiger partial charge >= 0.3 is 10.4 Å². The molecule has 8 N–H and O–H groups in total. The summed E-state index contributed by atoms with van der Waals surface area (Å²) in [5.74, 6) is -1.30. The van der Waals surface area contributed by atoms with E-state index in [0.29, 0.717) is 23.9 Å². The van der Waals surface area contributed by atoms with Crippen LogP contribution in [-0.2, 0) is 29.1 Å². The van der Waals surface area contributed by atoms with Crippen LogP contribution in [0.1, 0.15) is 31.5 Å². The fraction of sp³-hybridized carbons (Fsp3) is 0.320. The summed E-state index contributed by atoms with van der Waals surface area (Å²) in [6.07, 6.45) is -1.08. The molecule has 2 aromatic carbocycles. The summed E-state index contributed by atoms with van der Waals surface area (Å²) in [4.78, 5) is 35.8. The predicted molar refractivity (Wildman–Crippen MR) is 164 cm³/mol. The first kappa shape index (κ1) is 32.4. The number of thiazole rings is 1. The number of nitrogen functional groups attached to an aromatic ring is 1. The average molecular weight is 676 g/mol. The Kier molecular flexibility index (Phi) is 9.29. The van der Waals surface area contributed by atoms with Gasteiger partial charge in [-0.05, 0) is 43.5 Å². The minimum atomic E-state index is -4.99. The average Bonchev–Trinajstić information content (AvgIpc) is 3.71. The van der Waals surface area contributed by atoms with E-state index < -0.39 is 39.9 Å². The number of aromatic nitrogens is 5. The summed E-state index contributed by atoms with van der Waals surface area (Å²) in [6, 6.07) is 10.0. The third-order valence-electron chi connectivity index (χ3n) is 6.73. The van der Waals surface area contributed by atoms with Crippen LogP contribution >= 0.6 is 11.3 Å². The minimum absolute atomic E-state index is 0.0250. The van der Waals surface area contributed by atoms with Crippen molar-refractivity contribution in [3.63, 3.8) is 0 Å². The highest BCUT2D eigenvalue weighted by Gasteiger charge is 2.58. The SMILES string of the molecule is CC1(C)C(NC(=O)/C(=N\OC(COc2ccc3c(NCCN)cccc3c2)c2nn[nH]n2)c2csc(N)n2)C(=O)N1OS(=O)(=O)O. The summed E-state index contributed by atoms with van der Waals surface area (Å²) in [5.41, 5.74) is 10.6. The number of hydrogen-bond donors (Lipinski definition) is 6. The number of H-pyrrole nitrogens is 1. The summed E-state index contributed by atoms with van der Waals surface area (Å²) in [6.45, 7) is 3.76. The number of oxime groups is 1. The Morgan fingerprint density at radius 3 is 2.76 bits per heavy atom. The van der Waals surface area contributed by atoms with Gasteiger partial charge in [-0.25, -0.2) is 4.98 Å². The van der Waals surface area contributed by atoms with Crippen molar-refractivity contribution in [2.75, 3.05) is 30.7 Å². The first-order valence-electron chi connectivity index (χ1n) is 13.5. The van der Waals surface area contributed by atoms with E-state index in [1.807, 2.05) is 30.3 Å². The highest BCUT2D eigenvalue weighted by atomic mass is 32.3. The number of tetrazole rings is 1. The monoisotopic (exact) mass is 675 g/mol. The van der Waals surface area contributed by atoms with Gasteiger partial charge in [0.05, 0.1) is 5.54 Å². The zero-order valence-electron chi connectivity index (χ0n) is 24.3. The van der Waals surface area contributed by atoms with Gasteiger partial charge in [-0.3, -0.25) is 14.1 Å². The number of ether oxygens (including phenoxy) is 1. The third kappa shape index (κ3) is 7.13. The lowest BCUT2D eigenvalue weighted by atomic mass is 9.84. The third-order valence-corrected chi connectivity index (χ3v) is 7.75. The number of hydrogen-bond acceptors (Lipinski definition) is 16. The van der Waals surface area contributed by atoms with Gasteiger partial charge in [0.2, 0.25) is 11.9 Å². The van der Waals surface area contributed by atoms with Gasteiger partial charge in [-0.2, -0.15) is 18.7 Å². The van der Waals surface area contributed by atoms with Gasteiger partial charge in [0.1, 0.15) is 24.1 Å². The maximum Gasteiger partial charge on any atom is 0.418 e. The van der Waals surface area contributed by atoms with Crippen LogP contribution in [0, 0.1) is 0 Å². The van der Waals surface area contributed by atoms with Crippen molar-refractivity contribution in [1.29, 1.82) is 0 Å². The van der Waals surface area contributed by atoms with Crippen LogP contribution in [0.5, 0.6) is 5.75 Å². The van der Waals surface area contributed by atoms with E-state index in [9.17, 15) is 18.0 Å². The second-order valence-electron chi connectivity index (χ2n) is 10.3. The standard InChI is InChI=1S/C25H29N11O8S2/c1-25(2)20(23(38)36(25)44-46(39,40)41)30-22(37)19(17-12-45-24(27)29-17)33-43-18(21-31-34-35-32-21)11-42-14-6-7-15-13(10-14)4-3-5-16(15)28-9-8-26/h3-7,10,12,18,20,28H,8-9,11,26H2,1-2H3,(H2,27,29)(H,30,37)(H,39,40,41)(H,31,32,34,35)/b33-19-. The molecule has 0 radical (unpaired) electrons. The lowest BCUT2D eigenvalue weighted by Crippen LogP contribution is -2.76. The summed E-state index contributed by atoms with van der Waals surface area (Å²) in [7, 11) is -4.99. The maximum absolute atomic E-state index is 13.4. The van der Waals surface area contributed by atoms with Crippen LogP contribution in [0.25, 0.3) is 10.8 Å². The molecule has 1 aliphatic rings. The number of benzene rings is 2. The summed E-state index contributed by atoms with van der Waals surface area (Å²) in [5, 5.41) is 27.4. The largest absolute Gasteiger partial charge is 0.489 e. The number of nitrogens with two attached hydrogens (primary N) is 2. The number of β-lactam (4-membered cyclic amide) rings is 1. The number of anilines is 2. The van der Waals surface area contributed by atoms with Crippen LogP contribution in [0.15, 0.2) is 46.9 Å². The Morgan fingerprint density at radius 2 is 2.11 bits per heavy atom. The minimum Gasteiger partial charge on any atom is -0.489 e. The number of nitrogens with one attached hydrogen (secondary N) is 3. The molecule has 1 saturated heterocycles. The van der Waals surface area contributed by atoms with Crippen LogP contribution in [0.4, 0.5) is 10.8 Å². The number of amides is 2. The Bertz CT molecular complexity index is 1860. The van der Waals surface area contributed by atoms with Crippen molar-refractivity contribution in [2.45, 2.75) is 31.5 Å². The van der Waals surface area contributed by atoms with E-state index in [4.69, 9.17) is 25.6 Å². The first-order valence-corrected chi connectivity index (χ1v) is 15.7. The fourth-order valence-corrected chi connectivity index (χ4v) is 5.48. The number of carbonyl (C=O) groups is 2. The number of hydroxylamine groups is 2. The Morgan fingerprint density at radius 1 is 1.30 bits per heavy atom. The number of aromatic amines is 1. The van der Waals surface area contributed by atoms with Crippen molar-refractivity contribution in [3.8, 4) is 5.75 Å². The summed E-state index contributed by atoms with van der Waals surface area (Å²) < 4.78 is 41.6. The zero-order valence-corrected chi connectivity index (χ0v) is 25.9. The number of fused-ring (bicyclic) bond motifs is 1. The molecule has 4 aromatic rings. The molecule has 1 aliphatic heterocycles. The summed E-state index contributed by atoms with van der Waals surface area (Å²) >= 11 is 1.03. The Labute approximate surface area is 265 Å². The van der Waals surface area contributed by atoms with Gasteiger partial charge in [-0.15, -0.1) is 25.8 Å². The van der Waals surface area contributed by atoms with Gasteiger partial charge in [-0.1, -0.05) is 22.5 Å². The molecule has 2 aromatic heterocycles. The molecular formula is C25H29N11O8S2. The molecule has 1 fully saturated rings. The lowest BCUT2D eigenvalue weighted by Gasteiger charge is -2.50. The van der Waals surface area contributed by atoms with Gasteiger partial charge < -0.3 is 31.7 Å². The first-order chi connectivity index (χ1) is 21.9. The van der Waals surface area contributed by atoms with Crippen LogP contribution in [0.2, 0.25) is 0 Å². The Hall–Kier alpha value is -4.96. The fourth-order valence-electron chi connectivity index (χ4n) is 4.48.